The number of carboxylic acid groups (broad SMARTS) is 1. The number of carbonyl (C=O) groups excluding carboxylic acids is 5. The topological polar surface area (TPSA) is 159 Å². The largest absolute Gasteiger partial charge is 0.481 e. The maximum Gasteiger partial charge on any atom is 0.303 e. The van der Waals surface area contributed by atoms with Crippen LogP contribution in [0.3, 0.4) is 0 Å². The number of benzene rings is 1. The van der Waals surface area contributed by atoms with Crippen molar-refractivity contribution in [2.75, 3.05) is 0 Å². The van der Waals surface area contributed by atoms with E-state index in [1.165, 1.54) is 12.1 Å². The molecule has 4 N–H and O–H groups in total. The molecule has 1 heterocycles. The zero-order valence-corrected chi connectivity index (χ0v) is 16.2. The summed E-state index contributed by atoms with van der Waals surface area (Å²) in [6.45, 7) is 0.146. The zero-order valence-electron chi connectivity index (χ0n) is 16.2. The molecule has 1 fully saturated rings. The summed E-state index contributed by atoms with van der Waals surface area (Å²) < 4.78 is 0. The standard InChI is InChI=1S/C20H23N3O7/c24-11-13-9-12(10-21-16(25)3-1-2-4-18(27)28)5-6-14(13)19(29)22-15-7-8-17(26)23-20(15)30/h5-6,9,11,15H,1-4,7-8,10H2,(H,21,25)(H,22,29)(H,27,28)(H,23,26,30). The minimum Gasteiger partial charge on any atom is -0.481 e. The molecule has 160 valence electrons. The highest BCUT2D eigenvalue weighted by molar-refractivity contribution is 6.06. The van der Waals surface area contributed by atoms with Gasteiger partial charge in [-0.1, -0.05) is 6.07 Å². The third-order valence-electron chi connectivity index (χ3n) is 4.57. The summed E-state index contributed by atoms with van der Waals surface area (Å²) in [5.41, 5.74) is 0.792. The Morgan fingerprint density at radius 2 is 1.90 bits per heavy atom. The number of hydrogen-bond acceptors (Lipinski definition) is 6. The fourth-order valence-corrected chi connectivity index (χ4v) is 2.94. The van der Waals surface area contributed by atoms with Gasteiger partial charge in [-0.3, -0.25) is 34.1 Å². The van der Waals surface area contributed by atoms with Gasteiger partial charge in [0.1, 0.15) is 6.04 Å². The minimum atomic E-state index is -0.904. The number of carbonyl (C=O) groups is 6. The Morgan fingerprint density at radius 3 is 2.57 bits per heavy atom. The van der Waals surface area contributed by atoms with Crippen LogP contribution in [0.25, 0.3) is 0 Å². The fraction of sp³-hybridized carbons (Fsp3) is 0.400. The highest BCUT2D eigenvalue weighted by Crippen LogP contribution is 2.13. The monoisotopic (exact) mass is 417 g/mol. The van der Waals surface area contributed by atoms with Crippen molar-refractivity contribution in [3.63, 3.8) is 0 Å². The maximum atomic E-state index is 12.4. The molecule has 1 saturated heterocycles. The molecule has 0 saturated carbocycles. The Morgan fingerprint density at radius 1 is 1.17 bits per heavy atom. The molecule has 4 amide bonds. The molecule has 0 bridgehead atoms. The molecule has 0 aromatic heterocycles. The second-order valence-electron chi connectivity index (χ2n) is 6.89. The van der Waals surface area contributed by atoms with Crippen LogP contribution in [0, 0.1) is 0 Å². The van der Waals surface area contributed by atoms with E-state index in [-0.39, 0.29) is 49.3 Å². The molecule has 0 aliphatic carbocycles. The first kappa shape index (κ1) is 22.7. The molecule has 1 unspecified atom stereocenters. The van der Waals surface area contributed by atoms with Crippen molar-refractivity contribution in [3.05, 3.63) is 34.9 Å². The van der Waals surface area contributed by atoms with E-state index in [0.717, 1.165) is 0 Å². The summed E-state index contributed by atoms with van der Waals surface area (Å²) in [6, 6.07) is 3.63. The van der Waals surface area contributed by atoms with Gasteiger partial charge >= 0.3 is 5.97 Å². The lowest BCUT2D eigenvalue weighted by atomic mass is 10.0. The van der Waals surface area contributed by atoms with Crippen LogP contribution >= 0.6 is 0 Å². The zero-order chi connectivity index (χ0) is 22.1. The molecule has 1 aliphatic rings. The van der Waals surface area contributed by atoms with Gasteiger partial charge < -0.3 is 15.7 Å². The van der Waals surface area contributed by atoms with E-state index in [9.17, 15) is 28.8 Å². The number of imide groups is 1. The molecule has 10 heteroatoms. The van der Waals surface area contributed by atoms with E-state index < -0.39 is 29.7 Å². The Balaban J connectivity index is 1.91. The second-order valence-corrected chi connectivity index (χ2v) is 6.89. The normalized spacial score (nSPS) is 15.8. The van der Waals surface area contributed by atoms with Crippen LogP contribution in [-0.4, -0.2) is 47.0 Å². The third kappa shape index (κ3) is 6.80. The Hall–Kier alpha value is -3.56. The van der Waals surface area contributed by atoms with E-state index in [2.05, 4.69) is 16.0 Å². The van der Waals surface area contributed by atoms with Crippen LogP contribution in [0.2, 0.25) is 0 Å². The summed E-state index contributed by atoms with van der Waals surface area (Å²) >= 11 is 0. The van der Waals surface area contributed by atoms with Gasteiger partial charge in [-0.25, -0.2) is 0 Å². The van der Waals surface area contributed by atoms with Crippen LogP contribution in [0.5, 0.6) is 0 Å². The van der Waals surface area contributed by atoms with Crippen molar-refractivity contribution in [3.8, 4) is 0 Å². The van der Waals surface area contributed by atoms with Gasteiger partial charge in [0.05, 0.1) is 0 Å². The first-order valence-electron chi connectivity index (χ1n) is 9.51. The van der Waals surface area contributed by atoms with Gasteiger partial charge in [0.25, 0.3) is 5.91 Å². The smallest absolute Gasteiger partial charge is 0.303 e. The molecule has 1 atom stereocenters. The number of rotatable bonds is 10. The van der Waals surface area contributed by atoms with E-state index >= 15 is 0 Å². The highest BCUT2D eigenvalue weighted by atomic mass is 16.4. The molecule has 1 aromatic carbocycles. The van der Waals surface area contributed by atoms with Crippen LogP contribution in [-0.2, 0) is 25.7 Å². The fourth-order valence-electron chi connectivity index (χ4n) is 2.94. The van der Waals surface area contributed by atoms with Crippen LogP contribution < -0.4 is 16.0 Å². The average Bonchev–Trinajstić information content (AvgIpc) is 2.71. The van der Waals surface area contributed by atoms with Gasteiger partial charge in [0.2, 0.25) is 17.7 Å². The Bertz CT molecular complexity index is 866. The summed E-state index contributed by atoms with van der Waals surface area (Å²) in [6.07, 6.45) is 1.89. The van der Waals surface area contributed by atoms with Crippen molar-refractivity contribution >= 4 is 35.9 Å². The van der Waals surface area contributed by atoms with Crippen LogP contribution in [0.4, 0.5) is 0 Å². The number of nitrogens with one attached hydrogen (secondary N) is 3. The lowest BCUT2D eigenvalue weighted by molar-refractivity contribution is -0.137. The molecule has 0 radical (unpaired) electrons. The molecule has 1 aromatic rings. The minimum absolute atomic E-state index is 0.0122. The number of carboxylic acids is 1. The van der Waals surface area contributed by atoms with Gasteiger partial charge in [0, 0.05) is 36.9 Å². The van der Waals surface area contributed by atoms with Crippen molar-refractivity contribution in [2.45, 2.75) is 51.1 Å². The lowest BCUT2D eigenvalue weighted by Crippen LogP contribution is -2.52. The first-order chi connectivity index (χ1) is 14.3. The second kappa shape index (κ2) is 10.8. The van der Waals surface area contributed by atoms with E-state index in [1.54, 1.807) is 6.07 Å². The summed E-state index contributed by atoms with van der Waals surface area (Å²) in [4.78, 5) is 69.1. The SMILES string of the molecule is O=Cc1cc(CNC(=O)CCCCC(=O)O)ccc1C(=O)NC1CCC(=O)NC1=O. The van der Waals surface area contributed by atoms with Gasteiger partial charge in [-0.15, -0.1) is 0 Å². The quantitative estimate of drug-likeness (QED) is 0.242. The average molecular weight is 417 g/mol. The number of unbranched alkanes of at least 4 members (excludes halogenated alkanes) is 1. The molecule has 2 rings (SSSR count). The third-order valence-corrected chi connectivity index (χ3v) is 4.57. The number of hydrogen-bond donors (Lipinski definition) is 4. The van der Waals surface area contributed by atoms with Crippen LogP contribution in [0.15, 0.2) is 18.2 Å². The summed E-state index contributed by atoms with van der Waals surface area (Å²) in [5.74, 6) is -2.74. The highest BCUT2D eigenvalue weighted by Gasteiger charge is 2.28. The lowest BCUT2D eigenvalue weighted by Gasteiger charge is -2.22. The molecular formula is C20H23N3O7. The maximum absolute atomic E-state index is 12.4. The van der Waals surface area contributed by atoms with E-state index in [4.69, 9.17) is 5.11 Å². The molecule has 1 aliphatic heterocycles. The number of aldehydes is 1. The Kier molecular flexibility index (Phi) is 8.21. The van der Waals surface area contributed by atoms with Gasteiger partial charge in [-0.05, 0) is 37.0 Å². The summed E-state index contributed by atoms with van der Waals surface area (Å²) in [7, 11) is 0. The van der Waals surface area contributed by atoms with Crippen molar-refractivity contribution in [1.29, 1.82) is 0 Å². The summed E-state index contributed by atoms with van der Waals surface area (Å²) in [5, 5.41) is 15.9. The van der Waals surface area contributed by atoms with Gasteiger partial charge in [-0.2, -0.15) is 0 Å². The Labute approximate surface area is 172 Å². The number of piperidine rings is 1. The predicted molar refractivity (Wildman–Crippen MR) is 103 cm³/mol. The molecular weight excluding hydrogens is 394 g/mol. The molecule has 10 nitrogen and oxygen atoms in total. The number of amides is 4. The van der Waals surface area contributed by atoms with Crippen molar-refractivity contribution in [2.24, 2.45) is 0 Å². The van der Waals surface area contributed by atoms with Crippen LogP contribution in [0.1, 0.15) is 64.8 Å². The van der Waals surface area contributed by atoms with Crippen molar-refractivity contribution < 1.29 is 33.9 Å². The predicted octanol–water partition coefficient (Wildman–Crippen LogP) is 0.295. The molecule has 30 heavy (non-hydrogen) atoms. The first-order valence-corrected chi connectivity index (χ1v) is 9.51. The molecule has 0 spiro atoms. The van der Waals surface area contributed by atoms with Crippen molar-refractivity contribution in [1.82, 2.24) is 16.0 Å². The number of aliphatic carboxylic acids is 1. The van der Waals surface area contributed by atoms with Gasteiger partial charge in [0.15, 0.2) is 6.29 Å². The van der Waals surface area contributed by atoms with E-state index in [1.807, 2.05) is 0 Å². The van der Waals surface area contributed by atoms with E-state index in [0.29, 0.717) is 24.7 Å².